The number of nitrogens with one attached hydrogen (secondary N) is 1. The fourth-order valence-corrected chi connectivity index (χ4v) is 4.02. The van der Waals surface area contributed by atoms with Crippen LogP contribution in [0.25, 0.3) is 22.2 Å². The number of piperidine rings is 1. The van der Waals surface area contributed by atoms with Crippen LogP contribution in [0, 0.1) is 11.7 Å². The summed E-state index contributed by atoms with van der Waals surface area (Å²) < 4.78 is 13.1. The van der Waals surface area contributed by atoms with Crippen molar-refractivity contribution in [2.45, 2.75) is 12.8 Å². The van der Waals surface area contributed by atoms with E-state index in [0.717, 1.165) is 53.9 Å². The van der Waals surface area contributed by atoms with Crippen molar-refractivity contribution >= 4 is 28.3 Å². The number of para-hydroxylation sites is 1. The molecule has 5 rings (SSSR count). The lowest BCUT2D eigenvalue weighted by Gasteiger charge is -2.31. The van der Waals surface area contributed by atoms with Crippen LogP contribution in [0.3, 0.4) is 0 Å². The smallest absolute Gasteiger partial charge is 0.227 e. The van der Waals surface area contributed by atoms with E-state index in [1.807, 2.05) is 42.5 Å². The van der Waals surface area contributed by atoms with Crippen molar-refractivity contribution in [1.82, 2.24) is 15.2 Å². The number of aromatic nitrogens is 3. The van der Waals surface area contributed by atoms with Gasteiger partial charge >= 0.3 is 0 Å². The minimum atomic E-state index is -0.276. The molecule has 1 saturated heterocycles. The maximum absolute atomic E-state index is 13.1. The molecule has 1 aliphatic heterocycles. The molecule has 0 saturated carbocycles. The fourth-order valence-electron chi connectivity index (χ4n) is 4.02. The van der Waals surface area contributed by atoms with Crippen LogP contribution in [0.5, 0.6) is 0 Å². The second-order valence-corrected chi connectivity index (χ2v) is 7.95. The molecule has 160 valence electrons. The number of amides is 1. The highest BCUT2D eigenvalue weighted by Gasteiger charge is 2.26. The van der Waals surface area contributed by atoms with Crippen molar-refractivity contribution in [3.8, 4) is 11.3 Å². The average Bonchev–Trinajstić information content (AvgIpc) is 2.85. The molecule has 32 heavy (non-hydrogen) atoms. The Morgan fingerprint density at radius 2 is 1.75 bits per heavy atom. The van der Waals surface area contributed by atoms with Crippen LogP contribution in [0.4, 0.5) is 15.9 Å². The number of halogens is 1. The van der Waals surface area contributed by atoms with Crippen LogP contribution in [0.15, 0.2) is 72.9 Å². The number of hydrogen-bond donors (Lipinski definition) is 1. The summed E-state index contributed by atoms with van der Waals surface area (Å²) in [5, 5.41) is 12.6. The predicted molar refractivity (Wildman–Crippen MR) is 123 cm³/mol. The summed E-state index contributed by atoms with van der Waals surface area (Å²) in [7, 11) is 0. The number of benzene rings is 2. The normalized spacial score (nSPS) is 14.5. The Morgan fingerprint density at radius 3 is 2.50 bits per heavy atom. The van der Waals surface area contributed by atoms with Crippen molar-refractivity contribution in [2.24, 2.45) is 5.92 Å². The molecule has 1 fully saturated rings. The van der Waals surface area contributed by atoms with Gasteiger partial charge in [-0.25, -0.2) is 4.39 Å². The molecule has 0 radical (unpaired) electrons. The third-order valence-corrected chi connectivity index (χ3v) is 5.84. The first-order valence-corrected chi connectivity index (χ1v) is 10.7. The van der Waals surface area contributed by atoms with Crippen LogP contribution in [-0.2, 0) is 4.79 Å². The molecular formula is C25H22FN5O. The molecule has 1 aliphatic rings. The molecule has 4 aromatic rings. The number of hydrogen-bond acceptors (Lipinski definition) is 5. The van der Waals surface area contributed by atoms with E-state index < -0.39 is 0 Å². The van der Waals surface area contributed by atoms with Crippen LogP contribution in [-0.4, -0.2) is 34.2 Å². The SMILES string of the molecule is O=C(Nc1cnc2ccccc2c1)C1CCN(c2ccc(-c3ccc(F)cc3)nn2)CC1. The lowest BCUT2D eigenvalue weighted by molar-refractivity contribution is -0.120. The van der Waals surface area contributed by atoms with Gasteiger partial charge in [0.15, 0.2) is 5.82 Å². The van der Waals surface area contributed by atoms with E-state index in [4.69, 9.17) is 0 Å². The summed E-state index contributed by atoms with van der Waals surface area (Å²) >= 11 is 0. The van der Waals surface area contributed by atoms with E-state index in [-0.39, 0.29) is 17.6 Å². The van der Waals surface area contributed by atoms with Gasteiger partial charge in [-0.3, -0.25) is 9.78 Å². The largest absolute Gasteiger partial charge is 0.355 e. The molecule has 0 unspecified atom stereocenters. The van der Waals surface area contributed by atoms with Crippen molar-refractivity contribution in [2.75, 3.05) is 23.3 Å². The summed E-state index contributed by atoms with van der Waals surface area (Å²) in [6.07, 6.45) is 3.19. The monoisotopic (exact) mass is 427 g/mol. The van der Waals surface area contributed by atoms with Crippen molar-refractivity contribution in [3.63, 3.8) is 0 Å². The highest BCUT2D eigenvalue weighted by molar-refractivity contribution is 5.94. The number of anilines is 2. The van der Waals surface area contributed by atoms with Crippen molar-refractivity contribution in [3.05, 3.63) is 78.7 Å². The Hall–Kier alpha value is -3.87. The number of nitrogens with zero attached hydrogens (tertiary/aromatic N) is 4. The van der Waals surface area contributed by atoms with Crippen molar-refractivity contribution < 1.29 is 9.18 Å². The summed E-state index contributed by atoms with van der Waals surface area (Å²) in [5.41, 5.74) is 3.15. The van der Waals surface area contributed by atoms with E-state index in [1.165, 1.54) is 12.1 Å². The zero-order chi connectivity index (χ0) is 21.9. The molecule has 6 nitrogen and oxygen atoms in total. The first kappa shape index (κ1) is 20.1. The zero-order valence-corrected chi connectivity index (χ0v) is 17.4. The summed E-state index contributed by atoms with van der Waals surface area (Å²) in [6.45, 7) is 1.47. The van der Waals surface area contributed by atoms with Crippen LogP contribution >= 0.6 is 0 Å². The Kier molecular flexibility index (Phi) is 5.46. The van der Waals surface area contributed by atoms with Gasteiger partial charge in [0.2, 0.25) is 5.91 Å². The van der Waals surface area contributed by atoms with E-state index in [9.17, 15) is 9.18 Å². The predicted octanol–water partition coefficient (Wildman–Crippen LogP) is 4.69. The third-order valence-electron chi connectivity index (χ3n) is 5.84. The summed E-state index contributed by atoms with van der Waals surface area (Å²) in [5.74, 6) is 0.485. The first-order valence-electron chi connectivity index (χ1n) is 10.7. The lowest BCUT2D eigenvalue weighted by Crippen LogP contribution is -2.38. The molecule has 2 aromatic heterocycles. The lowest BCUT2D eigenvalue weighted by atomic mass is 9.96. The molecule has 1 N–H and O–H groups in total. The fraction of sp³-hybridized carbons (Fsp3) is 0.200. The molecule has 0 spiro atoms. The topological polar surface area (TPSA) is 71.0 Å². The molecule has 1 amide bonds. The highest BCUT2D eigenvalue weighted by Crippen LogP contribution is 2.25. The van der Waals surface area contributed by atoms with Gasteiger partial charge in [-0.05, 0) is 61.4 Å². The Morgan fingerprint density at radius 1 is 0.969 bits per heavy atom. The minimum Gasteiger partial charge on any atom is -0.355 e. The zero-order valence-electron chi connectivity index (χ0n) is 17.4. The summed E-state index contributed by atoms with van der Waals surface area (Å²) in [6, 6.07) is 19.8. The van der Waals surface area contributed by atoms with Crippen LogP contribution in [0.1, 0.15) is 12.8 Å². The number of carbonyl (C=O) groups is 1. The van der Waals surface area contributed by atoms with Crippen LogP contribution in [0.2, 0.25) is 0 Å². The van der Waals surface area contributed by atoms with Gasteiger partial charge in [0.1, 0.15) is 5.82 Å². The highest BCUT2D eigenvalue weighted by atomic mass is 19.1. The molecule has 0 bridgehead atoms. The average molecular weight is 427 g/mol. The maximum atomic E-state index is 13.1. The number of pyridine rings is 1. The number of fused-ring (bicyclic) bond motifs is 1. The van der Waals surface area contributed by atoms with E-state index in [0.29, 0.717) is 5.69 Å². The number of carbonyl (C=O) groups excluding carboxylic acids is 1. The maximum Gasteiger partial charge on any atom is 0.227 e. The van der Waals surface area contributed by atoms with Gasteiger partial charge in [0.25, 0.3) is 0 Å². The minimum absolute atomic E-state index is 0.0273. The molecule has 2 aromatic carbocycles. The van der Waals surface area contributed by atoms with E-state index in [2.05, 4.69) is 25.4 Å². The van der Waals surface area contributed by atoms with Gasteiger partial charge in [-0.15, -0.1) is 10.2 Å². The molecule has 7 heteroatoms. The van der Waals surface area contributed by atoms with Gasteiger partial charge in [-0.2, -0.15) is 0 Å². The quantitative estimate of drug-likeness (QED) is 0.512. The Balaban J connectivity index is 1.19. The summed E-state index contributed by atoms with van der Waals surface area (Å²) in [4.78, 5) is 19.3. The molecular weight excluding hydrogens is 405 g/mol. The first-order chi connectivity index (χ1) is 15.7. The Labute approximate surface area is 185 Å². The molecule has 0 atom stereocenters. The van der Waals surface area contributed by atoms with E-state index >= 15 is 0 Å². The second-order valence-electron chi connectivity index (χ2n) is 7.95. The van der Waals surface area contributed by atoms with Crippen LogP contribution < -0.4 is 10.2 Å². The van der Waals surface area contributed by atoms with Gasteiger partial charge < -0.3 is 10.2 Å². The van der Waals surface area contributed by atoms with E-state index in [1.54, 1.807) is 18.3 Å². The number of rotatable bonds is 4. The third kappa shape index (κ3) is 4.27. The van der Waals surface area contributed by atoms with Gasteiger partial charge in [-0.1, -0.05) is 18.2 Å². The second kappa shape index (κ2) is 8.70. The van der Waals surface area contributed by atoms with Gasteiger partial charge in [0.05, 0.1) is 23.1 Å². The standard InChI is InChI=1S/C25H22FN5O/c26-20-7-5-17(6-8-20)23-9-10-24(30-29-23)31-13-11-18(12-14-31)25(32)28-21-15-19-3-1-2-4-22(19)27-16-21/h1-10,15-16,18H,11-14H2,(H,28,32). The van der Waals surface area contributed by atoms with Gasteiger partial charge in [0, 0.05) is 30.0 Å². The molecule has 3 heterocycles. The Bertz CT molecular complexity index is 1240. The molecule has 0 aliphatic carbocycles. The van der Waals surface area contributed by atoms with Crippen molar-refractivity contribution in [1.29, 1.82) is 0 Å².